The molecule has 138 valence electrons. The molecule has 0 bridgehead atoms. The van der Waals surface area contributed by atoms with Crippen LogP contribution in [0.25, 0.3) is 0 Å². The summed E-state index contributed by atoms with van der Waals surface area (Å²) < 4.78 is 28.8. The van der Waals surface area contributed by atoms with E-state index >= 15 is 0 Å². The van der Waals surface area contributed by atoms with Crippen LogP contribution in [0.4, 0.5) is 20.4 Å². The SMILES string of the molecule is O=C(O)c1ccnc(NC2CCCN(c3ccc(OC(F)F)cc3)C2)n1. The van der Waals surface area contributed by atoms with Gasteiger partial charge in [0.25, 0.3) is 0 Å². The first-order chi connectivity index (χ1) is 12.5. The summed E-state index contributed by atoms with van der Waals surface area (Å²) >= 11 is 0. The highest BCUT2D eigenvalue weighted by molar-refractivity contribution is 5.85. The van der Waals surface area contributed by atoms with Gasteiger partial charge >= 0.3 is 12.6 Å². The Morgan fingerprint density at radius 1 is 1.31 bits per heavy atom. The minimum Gasteiger partial charge on any atom is -0.477 e. The number of alkyl halides is 2. The molecule has 26 heavy (non-hydrogen) atoms. The summed E-state index contributed by atoms with van der Waals surface area (Å²) in [6.07, 6.45) is 3.22. The molecule has 1 saturated heterocycles. The van der Waals surface area contributed by atoms with Crippen LogP contribution in [0.1, 0.15) is 23.3 Å². The van der Waals surface area contributed by atoms with Gasteiger partial charge in [0, 0.05) is 31.0 Å². The Balaban J connectivity index is 1.64. The summed E-state index contributed by atoms with van der Waals surface area (Å²) in [5, 5.41) is 12.2. The zero-order valence-electron chi connectivity index (χ0n) is 13.8. The molecule has 7 nitrogen and oxygen atoms in total. The quantitative estimate of drug-likeness (QED) is 0.815. The Morgan fingerprint density at radius 3 is 2.77 bits per heavy atom. The predicted octanol–water partition coefficient (Wildman–Crippen LogP) is 2.86. The number of anilines is 2. The first kappa shape index (κ1) is 17.8. The lowest BCUT2D eigenvalue weighted by Gasteiger charge is -2.34. The van der Waals surface area contributed by atoms with E-state index in [-0.39, 0.29) is 23.4 Å². The number of halogens is 2. The number of benzene rings is 1. The van der Waals surface area contributed by atoms with Crippen molar-refractivity contribution < 1.29 is 23.4 Å². The summed E-state index contributed by atoms with van der Waals surface area (Å²) in [6.45, 7) is -1.34. The summed E-state index contributed by atoms with van der Waals surface area (Å²) in [5.41, 5.74) is 0.836. The number of carboxylic acids is 1. The summed E-state index contributed by atoms with van der Waals surface area (Å²) in [5.74, 6) is -0.710. The Kier molecular flexibility index (Phi) is 5.45. The average Bonchev–Trinajstić information content (AvgIpc) is 2.62. The van der Waals surface area contributed by atoms with E-state index in [1.54, 1.807) is 12.1 Å². The van der Waals surface area contributed by atoms with E-state index in [2.05, 4.69) is 24.9 Å². The minimum atomic E-state index is -2.84. The number of nitrogens with one attached hydrogen (secondary N) is 1. The molecule has 1 atom stereocenters. The predicted molar refractivity (Wildman–Crippen MR) is 90.9 cm³/mol. The van der Waals surface area contributed by atoms with Gasteiger partial charge in [-0.15, -0.1) is 0 Å². The lowest BCUT2D eigenvalue weighted by molar-refractivity contribution is -0.0498. The highest BCUT2D eigenvalue weighted by Gasteiger charge is 2.21. The van der Waals surface area contributed by atoms with Gasteiger partial charge in [-0.1, -0.05) is 0 Å². The van der Waals surface area contributed by atoms with Crippen molar-refractivity contribution in [3.63, 3.8) is 0 Å². The van der Waals surface area contributed by atoms with Gasteiger partial charge in [-0.05, 0) is 43.2 Å². The van der Waals surface area contributed by atoms with Crippen LogP contribution in [0.15, 0.2) is 36.5 Å². The number of hydrogen-bond donors (Lipinski definition) is 2. The van der Waals surface area contributed by atoms with Gasteiger partial charge in [-0.3, -0.25) is 0 Å². The number of piperidine rings is 1. The fourth-order valence-electron chi connectivity index (χ4n) is 2.90. The standard InChI is InChI=1S/C17H18F2N4O3/c18-16(19)26-13-5-3-12(4-6-13)23-9-1-2-11(10-23)21-17-20-8-7-14(22-17)15(24)25/h3-8,11,16H,1-2,9-10H2,(H,24,25)(H,20,21,22). The lowest BCUT2D eigenvalue weighted by Crippen LogP contribution is -2.42. The normalized spacial score (nSPS) is 17.2. The Labute approximate surface area is 148 Å². The number of aromatic carboxylic acids is 1. The number of carboxylic acid groups (broad SMARTS) is 1. The van der Waals surface area contributed by atoms with Gasteiger partial charge in [0.1, 0.15) is 5.75 Å². The molecule has 2 N–H and O–H groups in total. The number of nitrogens with zero attached hydrogens (tertiary/aromatic N) is 3. The fraction of sp³-hybridized carbons (Fsp3) is 0.353. The molecule has 9 heteroatoms. The fourth-order valence-corrected chi connectivity index (χ4v) is 2.90. The van der Waals surface area contributed by atoms with E-state index in [1.165, 1.54) is 24.4 Å². The van der Waals surface area contributed by atoms with Gasteiger partial charge in [-0.25, -0.2) is 14.8 Å². The largest absolute Gasteiger partial charge is 0.477 e. The van der Waals surface area contributed by atoms with Crippen molar-refractivity contribution in [2.75, 3.05) is 23.3 Å². The number of rotatable bonds is 6. The van der Waals surface area contributed by atoms with Crippen molar-refractivity contribution in [2.45, 2.75) is 25.5 Å². The van der Waals surface area contributed by atoms with Crippen LogP contribution >= 0.6 is 0 Å². The molecule has 0 radical (unpaired) electrons. The maximum Gasteiger partial charge on any atom is 0.387 e. The molecule has 1 aliphatic heterocycles. The number of ether oxygens (including phenoxy) is 1. The van der Waals surface area contributed by atoms with E-state index in [0.29, 0.717) is 6.54 Å². The van der Waals surface area contributed by atoms with Crippen LogP contribution in [-0.2, 0) is 0 Å². The maximum absolute atomic E-state index is 12.2. The van der Waals surface area contributed by atoms with Crippen LogP contribution in [0.3, 0.4) is 0 Å². The first-order valence-electron chi connectivity index (χ1n) is 8.14. The van der Waals surface area contributed by atoms with E-state index < -0.39 is 12.6 Å². The number of aromatic nitrogens is 2. The monoisotopic (exact) mass is 364 g/mol. The van der Waals surface area contributed by atoms with Crippen molar-refractivity contribution in [1.82, 2.24) is 9.97 Å². The highest BCUT2D eigenvalue weighted by atomic mass is 19.3. The van der Waals surface area contributed by atoms with Gasteiger partial charge in [-0.2, -0.15) is 8.78 Å². The van der Waals surface area contributed by atoms with Crippen molar-refractivity contribution in [3.05, 3.63) is 42.2 Å². The molecule has 2 aromatic rings. The van der Waals surface area contributed by atoms with Gasteiger partial charge in [0.05, 0.1) is 0 Å². The van der Waals surface area contributed by atoms with E-state index in [1.807, 2.05) is 0 Å². The third-order valence-corrected chi connectivity index (χ3v) is 4.06. The van der Waals surface area contributed by atoms with Crippen LogP contribution in [0, 0.1) is 0 Å². The second-order valence-corrected chi connectivity index (χ2v) is 5.87. The van der Waals surface area contributed by atoms with Crippen LogP contribution in [0.2, 0.25) is 0 Å². The number of hydrogen-bond acceptors (Lipinski definition) is 6. The molecule has 0 aliphatic carbocycles. The van der Waals surface area contributed by atoms with Gasteiger partial charge in [0.15, 0.2) is 5.69 Å². The van der Waals surface area contributed by atoms with Crippen molar-refractivity contribution in [3.8, 4) is 5.75 Å². The van der Waals surface area contributed by atoms with E-state index in [0.717, 1.165) is 25.1 Å². The van der Waals surface area contributed by atoms with Crippen LogP contribution < -0.4 is 15.0 Å². The number of carbonyl (C=O) groups is 1. The zero-order valence-corrected chi connectivity index (χ0v) is 13.8. The Morgan fingerprint density at radius 2 is 2.08 bits per heavy atom. The van der Waals surface area contributed by atoms with Gasteiger partial charge in [0.2, 0.25) is 5.95 Å². The van der Waals surface area contributed by atoms with Crippen molar-refractivity contribution >= 4 is 17.6 Å². The average molecular weight is 364 g/mol. The van der Waals surface area contributed by atoms with E-state index in [9.17, 15) is 13.6 Å². The van der Waals surface area contributed by atoms with Crippen molar-refractivity contribution in [1.29, 1.82) is 0 Å². The topological polar surface area (TPSA) is 87.6 Å². The summed E-state index contributed by atoms with van der Waals surface area (Å²) in [7, 11) is 0. The molecule has 0 spiro atoms. The minimum absolute atomic E-state index is 0.0461. The lowest BCUT2D eigenvalue weighted by atomic mass is 10.0. The molecule has 3 rings (SSSR count). The maximum atomic E-state index is 12.2. The molecule has 1 unspecified atom stereocenters. The molecular formula is C17H18F2N4O3. The molecule has 0 amide bonds. The molecule has 2 heterocycles. The second kappa shape index (κ2) is 7.94. The third-order valence-electron chi connectivity index (χ3n) is 4.06. The van der Waals surface area contributed by atoms with Crippen LogP contribution in [-0.4, -0.2) is 46.8 Å². The highest BCUT2D eigenvalue weighted by Crippen LogP contribution is 2.24. The van der Waals surface area contributed by atoms with Crippen LogP contribution in [0.5, 0.6) is 5.75 Å². The third kappa shape index (κ3) is 4.56. The first-order valence-corrected chi connectivity index (χ1v) is 8.14. The molecule has 1 fully saturated rings. The zero-order chi connectivity index (χ0) is 18.5. The van der Waals surface area contributed by atoms with E-state index in [4.69, 9.17) is 5.11 Å². The van der Waals surface area contributed by atoms with Gasteiger partial charge < -0.3 is 20.1 Å². The molecule has 0 saturated carbocycles. The molecule has 1 aromatic heterocycles. The van der Waals surface area contributed by atoms with Crippen molar-refractivity contribution in [2.24, 2.45) is 0 Å². The Bertz CT molecular complexity index is 758. The second-order valence-electron chi connectivity index (χ2n) is 5.87. The smallest absolute Gasteiger partial charge is 0.387 e. The Hall–Kier alpha value is -2.97. The molecular weight excluding hydrogens is 346 g/mol. The summed E-state index contributed by atoms with van der Waals surface area (Å²) in [4.78, 5) is 21.1. The summed E-state index contributed by atoms with van der Waals surface area (Å²) in [6, 6.07) is 7.88. The molecule has 1 aliphatic rings. The molecule has 1 aromatic carbocycles.